The number of ketones is 1. The van der Waals surface area contributed by atoms with E-state index in [0.717, 1.165) is 12.0 Å². The maximum absolute atomic E-state index is 12.4. The SMILES string of the molecule is CCC(O)(CC)C(=O)c1cccc2c1OCC2. The zero-order valence-electron chi connectivity index (χ0n) is 10.3. The fourth-order valence-corrected chi connectivity index (χ4v) is 2.22. The molecule has 0 bridgehead atoms. The van der Waals surface area contributed by atoms with Gasteiger partial charge in [0, 0.05) is 6.42 Å². The van der Waals surface area contributed by atoms with Crippen molar-refractivity contribution in [3.8, 4) is 5.75 Å². The summed E-state index contributed by atoms with van der Waals surface area (Å²) in [5, 5.41) is 10.3. The van der Waals surface area contributed by atoms with Crippen LogP contribution in [0.4, 0.5) is 0 Å². The lowest BCUT2D eigenvalue weighted by atomic mass is 9.87. The zero-order valence-corrected chi connectivity index (χ0v) is 10.3. The highest BCUT2D eigenvalue weighted by Crippen LogP contribution is 2.33. The third-order valence-corrected chi connectivity index (χ3v) is 3.55. The molecule has 0 unspecified atom stereocenters. The van der Waals surface area contributed by atoms with Crippen LogP contribution in [0.2, 0.25) is 0 Å². The predicted molar refractivity (Wildman–Crippen MR) is 65.5 cm³/mol. The number of aliphatic hydroxyl groups is 1. The number of hydrogen-bond donors (Lipinski definition) is 1. The monoisotopic (exact) mass is 234 g/mol. The van der Waals surface area contributed by atoms with Crippen LogP contribution in [0.15, 0.2) is 18.2 Å². The van der Waals surface area contributed by atoms with E-state index in [1.54, 1.807) is 6.07 Å². The lowest BCUT2D eigenvalue weighted by Crippen LogP contribution is -2.37. The van der Waals surface area contributed by atoms with Crippen molar-refractivity contribution in [2.45, 2.75) is 38.7 Å². The number of hydrogen-bond acceptors (Lipinski definition) is 3. The van der Waals surface area contributed by atoms with E-state index in [-0.39, 0.29) is 5.78 Å². The first kappa shape index (κ1) is 12.1. The smallest absolute Gasteiger partial charge is 0.198 e. The van der Waals surface area contributed by atoms with Gasteiger partial charge in [0.1, 0.15) is 11.4 Å². The molecule has 0 fully saturated rings. The van der Waals surface area contributed by atoms with Crippen LogP contribution >= 0.6 is 0 Å². The Morgan fingerprint density at radius 3 is 2.76 bits per heavy atom. The maximum Gasteiger partial charge on any atom is 0.198 e. The normalized spacial score (nSPS) is 14.3. The number of para-hydroxylation sites is 1. The summed E-state index contributed by atoms with van der Waals surface area (Å²) in [6, 6.07) is 5.56. The first-order valence-corrected chi connectivity index (χ1v) is 6.14. The highest BCUT2D eigenvalue weighted by molar-refractivity contribution is 6.04. The van der Waals surface area contributed by atoms with E-state index < -0.39 is 5.60 Å². The molecule has 0 aliphatic carbocycles. The summed E-state index contributed by atoms with van der Waals surface area (Å²) in [6.45, 7) is 4.27. The van der Waals surface area contributed by atoms with E-state index >= 15 is 0 Å². The fraction of sp³-hybridized carbons (Fsp3) is 0.500. The first-order valence-electron chi connectivity index (χ1n) is 6.14. The van der Waals surface area contributed by atoms with Gasteiger partial charge in [0.25, 0.3) is 0 Å². The van der Waals surface area contributed by atoms with Crippen molar-refractivity contribution < 1.29 is 14.6 Å². The molecule has 0 saturated heterocycles. The van der Waals surface area contributed by atoms with Gasteiger partial charge in [0.2, 0.25) is 0 Å². The standard InChI is InChI=1S/C14H18O3/c1-3-14(16,4-2)13(15)11-7-5-6-10-8-9-17-12(10)11/h5-7,16H,3-4,8-9H2,1-2H3. The molecule has 2 rings (SSSR count). The molecule has 1 aliphatic rings. The molecular weight excluding hydrogens is 216 g/mol. The number of Topliss-reactive ketones (excluding diaryl/α,β-unsaturated/α-hetero) is 1. The van der Waals surface area contributed by atoms with Gasteiger partial charge in [-0.05, 0) is 24.5 Å². The molecule has 0 aromatic heterocycles. The van der Waals surface area contributed by atoms with Gasteiger partial charge in [-0.3, -0.25) is 4.79 Å². The Bertz CT molecular complexity index is 433. The van der Waals surface area contributed by atoms with Crippen LogP contribution < -0.4 is 4.74 Å². The van der Waals surface area contributed by atoms with Crippen LogP contribution in [0.5, 0.6) is 5.75 Å². The molecule has 0 amide bonds. The third kappa shape index (κ3) is 1.95. The minimum Gasteiger partial charge on any atom is -0.492 e. The summed E-state index contributed by atoms with van der Waals surface area (Å²) in [5.74, 6) is 0.444. The predicted octanol–water partition coefficient (Wildman–Crippen LogP) is 2.36. The summed E-state index contributed by atoms with van der Waals surface area (Å²) in [6.07, 6.45) is 1.69. The lowest BCUT2D eigenvalue weighted by Gasteiger charge is -2.24. The van der Waals surface area contributed by atoms with Crippen molar-refractivity contribution in [2.24, 2.45) is 0 Å². The van der Waals surface area contributed by atoms with E-state index in [1.807, 2.05) is 26.0 Å². The Kier molecular flexibility index (Phi) is 3.20. The third-order valence-electron chi connectivity index (χ3n) is 3.55. The molecule has 1 aromatic rings. The Hall–Kier alpha value is -1.35. The Balaban J connectivity index is 2.41. The quantitative estimate of drug-likeness (QED) is 0.813. The number of rotatable bonds is 4. The van der Waals surface area contributed by atoms with Crippen LogP contribution in [0.3, 0.4) is 0 Å². The average molecular weight is 234 g/mol. The number of fused-ring (bicyclic) bond motifs is 1. The molecule has 0 saturated carbocycles. The molecule has 1 N–H and O–H groups in total. The number of carbonyl (C=O) groups excluding carboxylic acids is 1. The average Bonchev–Trinajstić information content (AvgIpc) is 2.85. The van der Waals surface area contributed by atoms with Gasteiger partial charge in [-0.2, -0.15) is 0 Å². The molecular formula is C14H18O3. The molecule has 3 nitrogen and oxygen atoms in total. The van der Waals surface area contributed by atoms with Crippen LogP contribution in [0.1, 0.15) is 42.6 Å². The van der Waals surface area contributed by atoms with Crippen molar-refractivity contribution in [3.63, 3.8) is 0 Å². The topological polar surface area (TPSA) is 46.5 Å². The van der Waals surface area contributed by atoms with E-state index in [1.165, 1.54) is 0 Å². The summed E-state index contributed by atoms with van der Waals surface area (Å²) < 4.78 is 5.50. The Labute approximate surface area is 101 Å². The van der Waals surface area contributed by atoms with Gasteiger partial charge in [0.15, 0.2) is 5.78 Å². The minimum absolute atomic E-state index is 0.221. The highest BCUT2D eigenvalue weighted by Gasteiger charge is 2.35. The lowest BCUT2D eigenvalue weighted by molar-refractivity contribution is 0.0275. The Morgan fingerprint density at radius 1 is 1.41 bits per heavy atom. The molecule has 3 heteroatoms. The molecule has 0 atom stereocenters. The second-order valence-corrected chi connectivity index (χ2v) is 4.46. The van der Waals surface area contributed by atoms with Gasteiger partial charge in [0.05, 0.1) is 12.2 Å². The highest BCUT2D eigenvalue weighted by atomic mass is 16.5. The molecule has 0 spiro atoms. The van der Waals surface area contributed by atoms with E-state index in [9.17, 15) is 9.90 Å². The minimum atomic E-state index is -1.26. The van der Waals surface area contributed by atoms with Gasteiger partial charge >= 0.3 is 0 Å². The van der Waals surface area contributed by atoms with Crippen molar-refractivity contribution in [3.05, 3.63) is 29.3 Å². The Morgan fingerprint density at radius 2 is 2.12 bits per heavy atom. The molecule has 1 heterocycles. The van der Waals surface area contributed by atoms with Crippen LogP contribution in [0, 0.1) is 0 Å². The summed E-state index contributed by atoms with van der Waals surface area (Å²) >= 11 is 0. The number of carbonyl (C=O) groups is 1. The second-order valence-electron chi connectivity index (χ2n) is 4.46. The number of benzene rings is 1. The molecule has 92 valence electrons. The maximum atomic E-state index is 12.4. The van der Waals surface area contributed by atoms with Crippen molar-refractivity contribution in [1.29, 1.82) is 0 Å². The summed E-state index contributed by atoms with van der Waals surface area (Å²) in [5.41, 5.74) is 0.317. The van der Waals surface area contributed by atoms with Gasteiger partial charge in [-0.25, -0.2) is 0 Å². The van der Waals surface area contributed by atoms with E-state index in [0.29, 0.717) is 30.8 Å². The largest absolute Gasteiger partial charge is 0.492 e. The van der Waals surface area contributed by atoms with Gasteiger partial charge in [-0.1, -0.05) is 26.0 Å². The van der Waals surface area contributed by atoms with E-state index in [4.69, 9.17) is 4.74 Å². The van der Waals surface area contributed by atoms with E-state index in [2.05, 4.69) is 0 Å². The fourth-order valence-electron chi connectivity index (χ4n) is 2.22. The van der Waals surface area contributed by atoms with Crippen LogP contribution in [0.25, 0.3) is 0 Å². The second kappa shape index (κ2) is 4.49. The number of ether oxygens (including phenoxy) is 1. The summed E-state index contributed by atoms with van der Waals surface area (Å²) in [4.78, 5) is 12.4. The zero-order chi connectivity index (χ0) is 12.5. The molecule has 0 radical (unpaired) electrons. The van der Waals surface area contributed by atoms with Crippen molar-refractivity contribution in [1.82, 2.24) is 0 Å². The van der Waals surface area contributed by atoms with Crippen LogP contribution in [-0.2, 0) is 6.42 Å². The van der Waals surface area contributed by atoms with Gasteiger partial charge < -0.3 is 9.84 Å². The molecule has 17 heavy (non-hydrogen) atoms. The first-order chi connectivity index (χ1) is 8.12. The van der Waals surface area contributed by atoms with Gasteiger partial charge in [-0.15, -0.1) is 0 Å². The molecule has 1 aromatic carbocycles. The molecule has 1 aliphatic heterocycles. The summed E-state index contributed by atoms with van der Waals surface area (Å²) in [7, 11) is 0. The van der Waals surface area contributed by atoms with Crippen molar-refractivity contribution >= 4 is 5.78 Å². The van der Waals surface area contributed by atoms with Crippen molar-refractivity contribution in [2.75, 3.05) is 6.61 Å². The van der Waals surface area contributed by atoms with Crippen LogP contribution in [-0.4, -0.2) is 23.1 Å².